The van der Waals surface area contributed by atoms with Gasteiger partial charge in [-0.1, -0.05) is 18.2 Å². The standard InChI is InChI=1S/C18H23NO2/c1-11-15(18(20)21-3)5-4-6-17(11)19-12(2)16-10-13-7-8-14(16)9-13/h4-8,12-14,16,19H,9-10H2,1-3H3. The lowest BCUT2D eigenvalue weighted by molar-refractivity contribution is 0.0600. The predicted molar refractivity (Wildman–Crippen MR) is 84.4 cm³/mol. The first-order valence-electron chi connectivity index (χ1n) is 7.73. The molecule has 1 aromatic rings. The zero-order chi connectivity index (χ0) is 15.0. The molecule has 1 aromatic carbocycles. The second-order valence-electron chi connectivity index (χ2n) is 6.35. The summed E-state index contributed by atoms with van der Waals surface area (Å²) in [4.78, 5) is 11.8. The van der Waals surface area contributed by atoms with Crippen molar-refractivity contribution in [1.82, 2.24) is 0 Å². The van der Waals surface area contributed by atoms with Crippen molar-refractivity contribution in [3.05, 3.63) is 41.5 Å². The first-order valence-corrected chi connectivity index (χ1v) is 7.73. The van der Waals surface area contributed by atoms with Gasteiger partial charge in [-0.3, -0.25) is 0 Å². The van der Waals surface area contributed by atoms with E-state index >= 15 is 0 Å². The Morgan fingerprint density at radius 1 is 1.33 bits per heavy atom. The number of ether oxygens (including phenoxy) is 1. The third-order valence-corrected chi connectivity index (χ3v) is 5.09. The van der Waals surface area contributed by atoms with Crippen LogP contribution in [0.15, 0.2) is 30.4 Å². The van der Waals surface area contributed by atoms with Crippen molar-refractivity contribution in [2.75, 3.05) is 12.4 Å². The molecule has 3 rings (SSSR count). The third kappa shape index (κ3) is 2.57. The van der Waals surface area contributed by atoms with Gasteiger partial charge in [0.15, 0.2) is 0 Å². The maximum absolute atomic E-state index is 11.8. The molecule has 1 fully saturated rings. The van der Waals surface area contributed by atoms with E-state index in [2.05, 4.69) is 24.4 Å². The fourth-order valence-corrected chi connectivity index (χ4v) is 3.87. The molecule has 3 nitrogen and oxygen atoms in total. The van der Waals surface area contributed by atoms with E-state index in [1.54, 1.807) is 0 Å². The maximum atomic E-state index is 11.8. The van der Waals surface area contributed by atoms with E-state index in [4.69, 9.17) is 4.74 Å². The molecule has 21 heavy (non-hydrogen) atoms. The van der Waals surface area contributed by atoms with Gasteiger partial charge in [0.25, 0.3) is 0 Å². The molecular formula is C18H23NO2. The molecule has 2 bridgehead atoms. The van der Waals surface area contributed by atoms with Crippen LogP contribution >= 0.6 is 0 Å². The average Bonchev–Trinajstić information content (AvgIpc) is 3.11. The molecule has 112 valence electrons. The normalized spacial score (nSPS) is 27.7. The summed E-state index contributed by atoms with van der Waals surface area (Å²) < 4.78 is 4.84. The fraction of sp³-hybridized carbons (Fsp3) is 0.500. The third-order valence-electron chi connectivity index (χ3n) is 5.09. The Bertz CT molecular complexity index is 579. The lowest BCUT2D eigenvalue weighted by atomic mass is 9.87. The number of allylic oxidation sites excluding steroid dienone is 2. The van der Waals surface area contributed by atoms with Crippen molar-refractivity contribution in [2.45, 2.75) is 32.7 Å². The average molecular weight is 285 g/mol. The predicted octanol–water partition coefficient (Wildman–Crippen LogP) is 3.79. The molecular weight excluding hydrogens is 262 g/mol. The Balaban J connectivity index is 1.76. The molecule has 4 atom stereocenters. The van der Waals surface area contributed by atoms with Gasteiger partial charge < -0.3 is 10.1 Å². The van der Waals surface area contributed by atoms with Crippen molar-refractivity contribution in [2.24, 2.45) is 17.8 Å². The molecule has 0 amide bonds. The van der Waals surface area contributed by atoms with Crippen LogP contribution in [0.4, 0.5) is 5.69 Å². The lowest BCUT2D eigenvalue weighted by Crippen LogP contribution is -2.29. The fourth-order valence-electron chi connectivity index (χ4n) is 3.87. The van der Waals surface area contributed by atoms with Gasteiger partial charge in [-0.05, 0) is 62.1 Å². The van der Waals surface area contributed by atoms with Crippen molar-refractivity contribution >= 4 is 11.7 Å². The highest BCUT2D eigenvalue weighted by atomic mass is 16.5. The summed E-state index contributed by atoms with van der Waals surface area (Å²) in [6.07, 6.45) is 7.36. The van der Waals surface area contributed by atoms with Gasteiger partial charge in [-0.25, -0.2) is 4.79 Å². The number of hydrogen-bond acceptors (Lipinski definition) is 3. The van der Waals surface area contributed by atoms with E-state index in [9.17, 15) is 4.79 Å². The number of rotatable bonds is 4. The molecule has 0 saturated heterocycles. The Kier molecular flexibility index (Phi) is 3.75. The lowest BCUT2D eigenvalue weighted by Gasteiger charge is -2.28. The Morgan fingerprint density at radius 2 is 2.14 bits per heavy atom. The zero-order valence-corrected chi connectivity index (χ0v) is 12.9. The topological polar surface area (TPSA) is 38.3 Å². The minimum Gasteiger partial charge on any atom is -0.465 e. The zero-order valence-electron chi connectivity index (χ0n) is 12.9. The molecule has 4 unspecified atom stereocenters. The summed E-state index contributed by atoms with van der Waals surface area (Å²) in [5.74, 6) is 1.93. The molecule has 3 heteroatoms. The SMILES string of the molecule is COC(=O)c1cccc(NC(C)C2CC3C=CC2C3)c1C. The second-order valence-corrected chi connectivity index (χ2v) is 6.35. The number of methoxy groups -OCH3 is 1. The van der Waals surface area contributed by atoms with Gasteiger partial charge in [0.1, 0.15) is 0 Å². The Morgan fingerprint density at radius 3 is 2.76 bits per heavy atom. The van der Waals surface area contributed by atoms with Gasteiger partial charge in [0.05, 0.1) is 12.7 Å². The molecule has 0 radical (unpaired) electrons. The minimum atomic E-state index is -0.272. The number of hydrogen-bond donors (Lipinski definition) is 1. The van der Waals surface area contributed by atoms with E-state index in [-0.39, 0.29) is 5.97 Å². The highest BCUT2D eigenvalue weighted by molar-refractivity contribution is 5.92. The van der Waals surface area contributed by atoms with Crippen LogP contribution in [0.2, 0.25) is 0 Å². The van der Waals surface area contributed by atoms with Crippen molar-refractivity contribution in [3.63, 3.8) is 0 Å². The number of benzene rings is 1. The van der Waals surface area contributed by atoms with Gasteiger partial charge >= 0.3 is 5.97 Å². The minimum absolute atomic E-state index is 0.272. The molecule has 0 aliphatic heterocycles. The molecule has 1 saturated carbocycles. The maximum Gasteiger partial charge on any atom is 0.338 e. The highest BCUT2D eigenvalue weighted by Gasteiger charge is 2.38. The number of carbonyl (C=O) groups is 1. The highest BCUT2D eigenvalue weighted by Crippen LogP contribution is 2.45. The van der Waals surface area contributed by atoms with Crippen molar-refractivity contribution in [3.8, 4) is 0 Å². The number of fused-ring (bicyclic) bond motifs is 2. The monoisotopic (exact) mass is 285 g/mol. The number of nitrogens with one attached hydrogen (secondary N) is 1. The van der Waals surface area contributed by atoms with E-state index in [0.717, 1.165) is 23.1 Å². The van der Waals surface area contributed by atoms with Gasteiger partial charge in [0, 0.05) is 11.7 Å². The van der Waals surface area contributed by atoms with Crippen LogP contribution in [0.1, 0.15) is 35.7 Å². The molecule has 2 aliphatic carbocycles. The number of esters is 1. The number of anilines is 1. The van der Waals surface area contributed by atoms with Crippen molar-refractivity contribution in [1.29, 1.82) is 0 Å². The quantitative estimate of drug-likeness (QED) is 0.675. The Labute approximate surface area is 126 Å². The van der Waals surface area contributed by atoms with E-state index in [1.807, 2.05) is 25.1 Å². The summed E-state index contributed by atoms with van der Waals surface area (Å²) in [6.45, 7) is 4.23. The molecule has 0 aromatic heterocycles. The van der Waals surface area contributed by atoms with E-state index in [1.165, 1.54) is 20.0 Å². The van der Waals surface area contributed by atoms with Gasteiger partial charge in [0.2, 0.25) is 0 Å². The molecule has 1 N–H and O–H groups in total. The van der Waals surface area contributed by atoms with Crippen LogP contribution in [0.3, 0.4) is 0 Å². The van der Waals surface area contributed by atoms with Crippen LogP contribution in [0.5, 0.6) is 0 Å². The van der Waals surface area contributed by atoms with Crippen molar-refractivity contribution < 1.29 is 9.53 Å². The first kappa shape index (κ1) is 14.2. The van der Waals surface area contributed by atoms with Gasteiger partial charge in [-0.2, -0.15) is 0 Å². The van der Waals surface area contributed by atoms with E-state index in [0.29, 0.717) is 17.5 Å². The second kappa shape index (κ2) is 5.55. The summed E-state index contributed by atoms with van der Waals surface area (Å²) >= 11 is 0. The Hall–Kier alpha value is -1.77. The largest absolute Gasteiger partial charge is 0.465 e. The smallest absolute Gasteiger partial charge is 0.338 e. The first-order chi connectivity index (χ1) is 10.1. The summed E-state index contributed by atoms with van der Waals surface area (Å²) in [5, 5.41) is 3.61. The summed E-state index contributed by atoms with van der Waals surface area (Å²) in [7, 11) is 1.42. The van der Waals surface area contributed by atoms with E-state index < -0.39 is 0 Å². The van der Waals surface area contributed by atoms with Gasteiger partial charge in [-0.15, -0.1) is 0 Å². The van der Waals surface area contributed by atoms with Crippen LogP contribution < -0.4 is 5.32 Å². The van der Waals surface area contributed by atoms with Crippen LogP contribution in [-0.2, 0) is 4.74 Å². The molecule has 2 aliphatic rings. The number of carbonyl (C=O) groups excluding carboxylic acids is 1. The van der Waals surface area contributed by atoms with Crippen LogP contribution in [0.25, 0.3) is 0 Å². The summed E-state index contributed by atoms with van der Waals surface area (Å²) in [5.41, 5.74) is 2.65. The van der Waals surface area contributed by atoms with Crippen LogP contribution in [0, 0.1) is 24.7 Å². The summed E-state index contributed by atoms with van der Waals surface area (Å²) in [6, 6.07) is 6.18. The molecule has 0 heterocycles. The molecule has 0 spiro atoms. The van der Waals surface area contributed by atoms with Crippen LogP contribution in [-0.4, -0.2) is 19.1 Å².